The number of benzene rings is 2. The molecule has 0 aliphatic rings. The van der Waals surface area contributed by atoms with Crippen molar-refractivity contribution in [3.8, 4) is 23.0 Å². The Morgan fingerprint density at radius 1 is 0.870 bits per heavy atom. The van der Waals surface area contributed by atoms with Gasteiger partial charge in [0.05, 0.1) is 7.11 Å². The van der Waals surface area contributed by atoms with Crippen LogP contribution in [0.3, 0.4) is 0 Å². The van der Waals surface area contributed by atoms with Crippen molar-refractivity contribution in [1.82, 2.24) is 0 Å². The summed E-state index contributed by atoms with van der Waals surface area (Å²) < 4.78 is 4.99. The lowest BCUT2D eigenvalue weighted by molar-refractivity contribution is -0.110. The monoisotopic (exact) mass is 312 g/mol. The number of phenolic OH excluding ortho intramolecular Hbond substituents is 3. The van der Waals surface area contributed by atoms with Crippen molar-refractivity contribution in [3.05, 3.63) is 59.7 Å². The van der Waals surface area contributed by atoms with Gasteiger partial charge in [-0.1, -0.05) is 24.3 Å². The zero-order chi connectivity index (χ0) is 16.8. The standard InChI is InChI=1S/C18H16O5/c1-23-18-11-13(5-9-16(18)21)3-7-14(19)6-2-12-4-8-15(20)17(22)10-12/h2-11,20-22H,1H3. The number of ketones is 1. The van der Waals surface area contributed by atoms with Gasteiger partial charge in [0, 0.05) is 0 Å². The largest absolute Gasteiger partial charge is 0.504 e. The van der Waals surface area contributed by atoms with Gasteiger partial charge in [-0.15, -0.1) is 0 Å². The van der Waals surface area contributed by atoms with Crippen molar-refractivity contribution in [2.24, 2.45) is 0 Å². The summed E-state index contributed by atoms with van der Waals surface area (Å²) in [6, 6.07) is 9.03. The Hall–Kier alpha value is -3.21. The summed E-state index contributed by atoms with van der Waals surface area (Å²) in [5.41, 5.74) is 1.30. The molecule has 0 saturated heterocycles. The highest BCUT2D eigenvalue weighted by molar-refractivity contribution is 6.04. The predicted octanol–water partition coefficient (Wildman–Crippen LogP) is 3.11. The van der Waals surface area contributed by atoms with Crippen LogP contribution in [0.5, 0.6) is 23.0 Å². The number of hydrogen-bond donors (Lipinski definition) is 3. The Morgan fingerprint density at radius 2 is 1.43 bits per heavy atom. The fourth-order valence-electron chi connectivity index (χ4n) is 1.85. The first-order chi connectivity index (χ1) is 11.0. The minimum atomic E-state index is -0.246. The molecule has 0 radical (unpaired) electrons. The van der Waals surface area contributed by atoms with Crippen LogP contribution in [0, 0.1) is 0 Å². The highest BCUT2D eigenvalue weighted by atomic mass is 16.5. The van der Waals surface area contributed by atoms with Gasteiger partial charge in [0.15, 0.2) is 28.8 Å². The van der Waals surface area contributed by atoms with E-state index in [0.29, 0.717) is 16.9 Å². The molecule has 0 aliphatic carbocycles. The van der Waals surface area contributed by atoms with Crippen molar-refractivity contribution >= 4 is 17.9 Å². The van der Waals surface area contributed by atoms with Gasteiger partial charge in [0.2, 0.25) is 0 Å². The molecular weight excluding hydrogens is 296 g/mol. The molecule has 0 amide bonds. The van der Waals surface area contributed by atoms with Crippen LogP contribution in [-0.4, -0.2) is 28.2 Å². The van der Waals surface area contributed by atoms with Crippen LogP contribution >= 0.6 is 0 Å². The summed E-state index contributed by atoms with van der Waals surface area (Å²) in [5, 5.41) is 28.1. The average Bonchev–Trinajstić information content (AvgIpc) is 2.55. The summed E-state index contributed by atoms with van der Waals surface area (Å²) in [5.74, 6) is -0.344. The van der Waals surface area contributed by atoms with Crippen LogP contribution < -0.4 is 4.74 Å². The van der Waals surface area contributed by atoms with Crippen molar-refractivity contribution in [2.45, 2.75) is 0 Å². The number of methoxy groups -OCH3 is 1. The molecule has 118 valence electrons. The van der Waals surface area contributed by atoms with Crippen molar-refractivity contribution < 1.29 is 24.9 Å². The fourth-order valence-corrected chi connectivity index (χ4v) is 1.85. The van der Waals surface area contributed by atoms with Gasteiger partial charge in [-0.25, -0.2) is 0 Å². The van der Waals surface area contributed by atoms with Crippen LogP contribution in [-0.2, 0) is 4.79 Å². The van der Waals surface area contributed by atoms with Gasteiger partial charge >= 0.3 is 0 Å². The van der Waals surface area contributed by atoms with E-state index < -0.39 is 0 Å². The first kappa shape index (κ1) is 16.2. The Morgan fingerprint density at radius 3 is 2.00 bits per heavy atom. The smallest absolute Gasteiger partial charge is 0.178 e. The molecule has 2 rings (SSSR count). The number of carbonyl (C=O) groups is 1. The highest BCUT2D eigenvalue weighted by Gasteiger charge is 2.01. The van der Waals surface area contributed by atoms with Gasteiger partial charge in [-0.2, -0.15) is 0 Å². The Labute approximate surface area is 133 Å². The zero-order valence-electron chi connectivity index (χ0n) is 12.4. The van der Waals surface area contributed by atoms with Crippen LogP contribution in [0.4, 0.5) is 0 Å². The third-order valence-corrected chi connectivity index (χ3v) is 3.08. The van der Waals surface area contributed by atoms with Crippen molar-refractivity contribution in [2.75, 3.05) is 7.11 Å². The first-order valence-corrected chi connectivity index (χ1v) is 6.78. The molecule has 0 aromatic heterocycles. The van der Waals surface area contributed by atoms with E-state index in [2.05, 4.69) is 0 Å². The summed E-state index contributed by atoms with van der Waals surface area (Å²) in [6.45, 7) is 0. The molecule has 0 atom stereocenters. The first-order valence-electron chi connectivity index (χ1n) is 6.78. The van der Waals surface area contributed by atoms with Gasteiger partial charge < -0.3 is 20.1 Å². The van der Waals surface area contributed by atoms with E-state index in [4.69, 9.17) is 4.74 Å². The number of allylic oxidation sites excluding steroid dienone is 2. The van der Waals surface area contributed by atoms with E-state index in [0.717, 1.165) is 0 Å². The number of ether oxygens (including phenoxy) is 1. The maximum Gasteiger partial charge on any atom is 0.178 e. The number of carbonyl (C=O) groups excluding carboxylic acids is 1. The van der Waals surface area contributed by atoms with Crippen LogP contribution in [0.15, 0.2) is 48.6 Å². The van der Waals surface area contributed by atoms with Gasteiger partial charge in [0.1, 0.15) is 0 Å². The fraction of sp³-hybridized carbons (Fsp3) is 0.0556. The second-order valence-electron chi connectivity index (χ2n) is 4.75. The molecule has 0 aliphatic heterocycles. The van der Waals surface area contributed by atoms with Crippen LogP contribution in [0.1, 0.15) is 11.1 Å². The zero-order valence-corrected chi connectivity index (χ0v) is 12.4. The molecule has 0 unspecified atom stereocenters. The molecule has 5 nitrogen and oxygen atoms in total. The number of phenols is 3. The lowest BCUT2D eigenvalue weighted by Gasteiger charge is -2.03. The van der Waals surface area contributed by atoms with E-state index >= 15 is 0 Å². The quantitative estimate of drug-likeness (QED) is 0.583. The lowest BCUT2D eigenvalue weighted by atomic mass is 10.1. The van der Waals surface area contributed by atoms with Crippen LogP contribution in [0.2, 0.25) is 0 Å². The average molecular weight is 312 g/mol. The Bertz CT molecular complexity index is 775. The molecule has 0 bridgehead atoms. The van der Waals surface area contributed by atoms with Gasteiger partial charge in [-0.3, -0.25) is 4.79 Å². The van der Waals surface area contributed by atoms with Crippen LogP contribution in [0.25, 0.3) is 12.2 Å². The summed E-state index contributed by atoms with van der Waals surface area (Å²) in [7, 11) is 1.45. The van der Waals surface area contributed by atoms with Gasteiger partial charge in [0.25, 0.3) is 0 Å². The van der Waals surface area contributed by atoms with Crippen molar-refractivity contribution in [3.63, 3.8) is 0 Å². The summed E-state index contributed by atoms with van der Waals surface area (Å²) >= 11 is 0. The van der Waals surface area contributed by atoms with Crippen molar-refractivity contribution in [1.29, 1.82) is 0 Å². The molecule has 2 aromatic carbocycles. The second kappa shape index (κ2) is 7.17. The maximum atomic E-state index is 11.8. The summed E-state index contributed by atoms with van der Waals surface area (Å²) in [6.07, 6.45) is 5.86. The molecule has 2 aromatic rings. The topological polar surface area (TPSA) is 87.0 Å². The molecule has 0 fully saturated rings. The van der Waals surface area contributed by atoms with E-state index in [1.807, 2.05) is 0 Å². The molecular formula is C18H16O5. The Balaban J connectivity index is 2.06. The number of aromatic hydroxyl groups is 3. The molecule has 5 heteroatoms. The molecule has 0 saturated carbocycles. The van der Waals surface area contributed by atoms with E-state index in [1.54, 1.807) is 24.3 Å². The van der Waals surface area contributed by atoms with Gasteiger partial charge in [-0.05, 0) is 47.5 Å². The second-order valence-corrected chi connectivity index (χ2v) is 4.75. The van der Waals surface area contributed by atoms with E-state index in [1.165, 1.54) is 43.5 Å². The minimum Gasteiger partial charge on any atom is -0.504 e. The molecule has 0 heterocycles. The summed E-state index contributed by atoms with van der Waals surface area (Å²) in [4.78, 5) is 11.8. The number of rotatable bonds is 5. The molecule has 23 heavy (non-hydrogen) atoms. The Kier molecular flexibility index (Phi) is 5.04. The third kappa shape index (κ3) is 4.38. The minimum absolute atomic E-state index is 0.0306. The highest BCUT2D eigenvalue weighted by Crippen LogP contribution is 2.27. The maximum absolute atomic E-state index is 11.8. The van der Waals surface area contributed by atoms with E-state index in [-0.39, 0.29) is 23.0 Å². The van der Waals surface area contributed by atoms with E-state index in [9.17, 15) is 20.1 Å². The normalized spacial score (nSPS) is 11.2. The molecule has 0 spiro atoms. The third-order valence-electron chi connectivity index (χ3n) is 3.08. The lowest BCUT2D eigenvalue weighted by Crippen LogP contribution is -1.87. The predicted molar refractivity (Wildman–Crippen MR) is 87.5 cm³/mol. The number of hydrogen-bond acceptors (Lipinski definition) is 5. The SMILES string of the molecule is COc1cc(C=CC(=O)C=Cc2ccc(O)c(O)c2)ccc1O. The molecule has 3 N–H and O–H groups in total.